The Morgan fingerprint density at radius 3 is 2.42 bits per heavy atom. The molecule has 1 aromatic rings. The van der Waals surface area contributed by atoms with Crippen molar-refractivity contribution < 1.29 is 9.90 Å². The van der Waals surface area contributed by atoms with Crippen molar-refractivity contribution in [3.8, 4) is 0 Å². The Balaban J connectivity index is 2.58. The Kier molecular flexibility index (Phi) is 2.82. The molecule has 0 heterocycles. The smallest absolute Gasteiger partial charge is 0.250 e. The molecule has 12 heavy (non-hydrogen) atoms. The molecule has 0 aliphatic rings. The van der Waals surface area contributed by atoms with Gasteiger partial charge in [-0.2, -0.15) is 0 Å². The number of nitrogens with two attached hydrogens (primary N) is 1. The van der Waals surface area contributed by atoms with E-state index in [2.05, 4.69) is 0 Å². The molecule has 1 rings (SSSR count). The fourth-order valence-electron chi connectivity index (χ4n) is 0.929. The van der Waals surface area contributed by atoms with Gasteiger partial charge in [0, 0.05) is 6.42 Å². The lowest BCUT2D eigenvalue weighted by Gasteiger charge is -2.02. The van der Waals surface area contributed by atoms with E-state index in [1.807, 2.05) is 18.2 Å². The molecule has 1 radical (unpaired) electrons. The molecule has 63 valence electrons. The first-order valence-corrected chi connectivity index (χ1v) is 3.69. The third kappa shape index (κ3) is 2.36. The molecule has 1 unspecified atom stereocenters. The third-order valence-electron chi connectivity index (χ3n) is 1.58. The summed E-state index contributed by atoms with van der Waals surface area (Å²) in [5, 5.41) is 10.9. The Hall–Kier alpha value is -1.35. The van der Waals surface area contributed by atoms with E-state index in [1.54, 1.807) is 12.1 Å². The molecular weight excluding hydrogens is 154 g/mol. The number of rotatable bonds is 3. The van der Waals surface area contributed by atoms with Gasteiger partial charge in [-0.3, -0.25) is 4.79 Å². The highest BCUT2D eigenvalue weighted by molar-refractivity contribution is 5.78. The Labute approximate surface area is 70.8 Å². The van der Waals surface area contributed by atoms with E-state index in [1.165, 1.54) is 0 Å². The van der Waals surface area contributed by atoms with E-state index in [0.29, 0.717) is 0 Å². The summed E-state index contributed by atoms with van der Waals surface area (Å²) in [5.74, 6) is -0.793. The minimum atomic E-state index is -1.33. The highest BCUT2D eigenvalue weighted by atomic mass is 16.3. The summed E-state index contributed by atoms with van der Waals surface area (Å²) in [5.41, 5.74) is 5.68. The molecule has 3 heteroatoms. The minimum Gasteiger partial charge on any atom is -0.367 e. The zero-order chi connectivity index (χ0) is 8.97. The van der Waals surface area contributed by atoms with E-state index in [0.717, 1.165) is 5.56 Å². The second-order valence-corrected chi connectivity index (χ2v) is 2.58. The van der Waals surface area contributed by atoms with Crippen molar-refractivity contribution in [2.45, 2.75) is 12.5 Å². The van der Waals surface area contributed by atoms with Gasteiger partial charge in [0.2, 0.25) is 5.91 Å². The van der Waals surface area contributed by atoms with Gasteiger partial charge in [0.05, 0.1) is 0 Å². The molecule has 0 saturated heterocycles. The summed E-state index contributed by atoms with van der Waals surface area (Å²) in [7, 11) is 0. The van der Waals surface area contributed by atoms with E-state index in [9.17, 15) is 9.90 Å². The van der Waals surface area contributed by atoms with E-state index in [4.69, 9.17) is 5.73 Å². The van der Waals surface area contributed by atoms with E-state index < -0.39 is 12.0 Å². The fourth-order valence-corrected chi connectivity index (χ4v) is 0.929. The molecule has 2 N–H and O–H groups in total. The van der Waals surface area contributed by atoms with Gasteiger partial charge in [0.25, 0.3) is 0 Å². The predicted molar refractivity (Wildman–Crippen MR) is 43.8 cm³/mol. The molecule has 0 fully saturated rings. The summed E-state index contributed by atoms with van der Waals surface area (Å²) in [6.07, 6.45) is -1.15. The number of hydrogen-bond acceptors (Lipinski definition) is 1. The summed E-state index contributed by atoms with van der Waals surface area (Å²) in [4.78, 5) is 10.4. The average molecular weight is 164 g/mol. The van der Waals surface area contributed by atoms with Crippen LogP contribution in [0.1, 0.15) is 5.56 Å². The third-order valence-corrected chi connectivity index (χ3v) is 1.58. The summed E-state index contributed by atoms with van der Waals surface area (Å²) in [6.45, 7) is 0. The first kappa shape index (κ1) is 8.74. The van der Waals surface area contributed by atoms with Crippen LogP contribution in [0, 0.1) is 0 Å². The van der Waals surface area contributed by atoms with Crippen LogP contribution in [-0.4, -0.2) is 12.0 Å². The lowest BCUT2D eigenvalue weighted by atomic mass is 10.1. The molecule has 1 aromatic carbocycles. The van der Waals surface area contributed by atoms with Crippen molar-refractivity contribution >= 4 is 5.91 Å². The Morgan fingerprint density at radius 1 is 1.33 bits per heavy atom. The largest absolute Gasteiger partial charge is 0.367 e. The van der Waals surface area contributed by atoms with Crippen LogP contribution in [0.5, 0.6) is 0 Å². The molecule has 0 bridgehead atoms. The van der Waals surface area contributed by atoms with Crippen molar-refractivity contribution in [2.24, 2.45) is 5.73 Å². The van der Waals surface area contributed by atoms with E-state index >= 15 is 0 Å². The van der Waals surface area contributed by atoms with Crippen LogP contribution in [0.25, 0.3) is 0 Å². The molecule has 0 saturated carbocycles. The molecule has 0 aliphatic heterocycles. The Morgan fingerprint density at radius 2 is 1.92 bits per heavy atom. The summed E-state index contributed by atoms with van der Waals surface area (Å²) < 4.78 is 0. The molecular formula is C9H10NO2. The highest BCUT2D eigenvalue weighted by Crippen LogP contribution is 2.02. The lowest BCUT2D eigenvalue weighted by Crippen LogP contribution is -2.28. The SMILES string of the molecule is NC(=O)C([O])Cc1ccccc1. The molecule has 0 aromatic heterocycles. The van der Waals surface area contributed by atoms with Crippen molar-refractivity contribution in [1.29, 1.82) is 0 Å². The zero-order valence-corrected chi connectivity index (χ0v) is 6.57. The number of hydrogen-bond donors (Lipinski definition) is 1. The van der Waals surface area contributed by atoms with Gasteiger partial charge in [-0.25, -0.2) is 5.11 Å². The number of amides is 1. The lowest BCUT2D eigenvalue weighted by molar-refractivity contribution is -0.129. The van der Waals surface area contributed by atoms with Crippen LogP contribution >= 0.6 is 0 Å². The van der Waals surface area contributed by atoms with Crippen LogP contribution in [-0.2, 0) is 16.3 Å². The fraction of sp³-hybridized carbons (Fsp3) is 0.222. The first-order valence-electron chi connectivity index (χ1n) is 3.69. The maximum Gasteiger partial charge on any atom is 0.250 e. The topological polar surface area (TPSA) is 63.0 Å². The molecule has 1 amide bonds. The summed E-state index contributed by atoms with van der Waals surface area (Å²) >= 11 is 0. The van der Waals surface area contributed by atoms with Crippen LogP contribution in [0.15, 0.2) is 30.3 Å². The second kappa shape index (κ2) is 3.88. The van der Waals surface area contributed by atoms with Crippen LogP contribution < -0.4 is 5.73 Å². The zero-order valence-electron chi connectivity index (χ0n) is 6.57. The molecule has 1 atom stereocenters. The quantitative estimate of drug-likeness (QED) is 0.695. The van der Waals surface area contributed by atoms with Gasteiger partial charge >= 0.3 is 0 Å². The maximum absolute atomic E-state index is 10.9. The first-order chi connectivity index (χ1) is 5.70. The monoisotopic (exact) mass is 164 g/mol. The van der Waals surface area contributed by atoms with Gasteiger partial charge in [0.15, 0.2) is 6.10 Å². The van der Waals surface area contributed by atoms with Gasteiger partial charge in [-0.1, -0.05) is 30.3 Å². The average Bonchev–Trinajstić information content (AvgIpc) is 2.06. The predicted octanol–water partition coefficient (Wildman–Crippen LogP) is 0.513. The van der Waals surface area contributed by atoms with Crippen molar-refractivity contribution in [1.82, 2.24) is 0 Å². The molecule has 0 spiro atoms. The van der Waals surface area contributed by atoms with Crippen molar-refractivity contribution in [3.05, 3.63) is 35.9 Å². The van der Waals surface area contributed by atoms with Crippen molar-refractivity contribution in [2.75, 3.05) is 0 Å². The number of carbonyl (C=O) groups is 1. The van der Waals surface area contributed by atoms with Gasteiger partial charge in [-0.15, -0.1) is 0 Å². The number of carbonyl (C=O) groups excluding carboxylic acids is 1. The van der Waals surface area contributed by atoms with Gasteiger partial charge in [-0.05, 0) is 5.56 Å². The number of benzene rings is 1. The molecule has 0 aliphatic carbocycles. The van der Waals surface area contributed by atoms with Crippen LogP contribution in [0.4, 0.5) is 0 Å². The van der Waals surface area contributed by atoms with Crippen LogP contribution in [0.2, 0.25) is 0 Å². The molecule has 3 nitrogen and oxygen atoms in total. The van der Waals surface area contributed by atoms with E-state index in [-0.39, 0.29) is 6.42 Å². The van der Waals surface area contributed by atoms with Crippen molar-refractivity contribution in [3.63, 3.8) is 0 Å². The Bertz CT molecular complexity index is 258. The standard InChI is InChI=1S/C9H10NO2/c10-9(12)8(11)6-7-4-2-1-3-5-7/h1-5,8H,6H2,(H2,10,12). The minimum absolute atomic E-state index is 0.177. The van der Waals surface area contributed by atoms with Gasteiger partial charge < -0.3 is 5.73 Å². The number of primary amides is 1. The normalized spacial score (nSPS) is 12.4. The van der Waals surface area contributed by atoms with Gasteiger partial charge in [0.1, 0.15) is 0 Å². The highest BCUT2D eigenvalue weighted by Gasteiger charge is 2.12. The summed E-state index contributed by atoms with van der Waals surface area (Å²) in [6, 6.07) is 9.10. The second-order valence-electron chi connectivity index (χ2n) is 2.58. The van der Waals surface area contributed by atoms with Crippen LogP contribution in [0.3, 0.4) is 0 Å². The maximum atomic E-state index is 10.9.